The third kappa shape index (κ3) is 3.83. The maximum absolute atomic E-state index is 14.6. The number of fused-ring (bicyclic) bond motifs is 1. The van der Waals surface area contributed by atoms with Crippen LogP contribution in [0.25, 0.3) is 16.9 Å². The van der Waals surface area contributed by atoms with Crippen LogP contribution in [0.15, 0.2) is 24.3 Å². The second kappa shape index (κ2) is 7.98. The molecule has 1 amide bonds. The maximum atomic E-state index is 14.6. The zero-order chi connectivity index (χ0) is 22.3. The Morgan fingerprint density at radius 1 is 1.26 bits per heavy atom. The first kappa shape index (κ1) is 20.8. The maximum Gasteiger partial charge on any atom is 0.340 e. The van der Waals surface area contributed by atoms with Gasteiger partial charge in [-0.1, -0.05) is 6.07 Å². The number of benzene rings is 1. The Hall–Kier alpha value is -3.49. The predicted molar refractivity (Wildman–Crippen MR) is 114 cm³/mol. The van der Waals surface area contributed by atoms with E-state index < -0.39 is 11.8 Å². The highest BCUT2D eigenvalue weighted by Crippen LogP contribution is 2.32. The van der Waals surface area contributed by atoms with E-state index in [1.165, 1.54) is 26.2 Å². The molecular weight excluding hydrogens is 401 g/mol. The third-order valence-electron chi connectivity index (χ3n) is 5.45. The summed E-state index contributed by atoms with van der Waals surface area (Å²) in [5.74, 6) is -1.43. The predicted octanol–water partition coefficient (Wildman–Crippen LogP) is 2.65. The van der Waals surface area contributed by atoms with Crippen molar-refractivity contribution in [2.24, 2.45) is 0 Å². The molecule has 3 aromatic rings. The van der Waals surface area contributed by atoms with Crippen LogP contribution in [0.2, 0.25) is 0 Å². The number of carbonyl (C=O) groups is 2. The number of hydrogen-bond donors (Lipinski definition) is 1. The molecule has 1 fully saturated rings. The van der Waals surface area contributed by atoms with Gasteiger partial charge in [0.25, 0.3) is 0 Å². The number of hydrogen-bond acceptors (Lipinski definition) is 6. The van der Waals surface area contributed by atoms with Crippen LogP contribution in [0, 0.1) is 19.7 Å². The fourth-order valence-electron chi connectivity index (χ4n) is 4.12. The van der Waals surface area contributed by atoms with Gasteiger partial charge in [-0.25, -0.2) is 18.7 Å². The van der Waals surface area contributed by atoms with Crippen molar-refractivity contribution < 1.29 is 18.7 Å². The number of rotatable bonds is 4. The topological polar surface area (TPSA) is 88.8 Å². The zero-order valence-corrected chi connectivity index (χ0v) is 17.9. The molecule has 1 aliphatic rings. The van der Waals surface area contributed by atoms with Crippen LogP contribution in [-0.4, -0.2) is 52.7 Å². The van der Waals surface area contributed by atoms with E-state index >= 15 is 0 Å². The minimum absolute atomic E-state index is 0.0423. The number of carbonyl (C=O) groups excluding carboxylic acids is 2. The summed E-state index contributed by atoms with van der Waals surface area (Å²) in [6.07, 6.45) is 0.847. The lowest BCUT2D eigenvalue weighted by atomic mass is 10.1. The highest BCUT2D eigenvalue weighted by molar-refractivity contribution is 5.90. The molecule has 9 heteroatoms. The summed E-state index contributed by atoms with van der Waals surface area (Å²) >= 11 is 0. The van der Waals surface area contributed by atoms with Gasteiger partial charge >= 0.3 is 5.97 Å². The zero-order valence-electron chi connectivity index (χ0n) is 17.9. The van der Waals surface area contributed by atoms with Gasteiger partial charge in [0.05, 0.1) is 35.4 Å². The van der Waals surface area contributed by atoms with Gasteiger partial charge in [-0.2, -0.15) is 5.10 Å². The van der Waals surface area contributed by atoms with Crippen LogP contribution in [0.4, 0.5) is 10.1 Å². The van der Waals surface area contributed by atoms with Gasteiger partial charge < -0.3 is 15.0 Å². The average Bonchev–Trinajstić information content (AvgIpc) is 3.29. The van der Waals surface area contributed by atoms with Gasteiger partial charge in [0.2, 0.25) is 5.91 Å². The second-order valence-electron chi connectivity index (χ2n) is 7.77. The van der Waals surface area contributed by atoms with Gasteiger partial charge in [-0.3, -0.25) is 4.79 Å². The number of anilines is 1. The molecule has 8 nitrogen and oxygen atoms in total. The molecule has 0 radical (unpaired) electrons. The quantitative estimate of drug-likeness (QED) is 0.647. The average molecular weight is 425 g/mol. The smallest absolute Gasteiger partial charge is 0.340 e. The molecule has 2 aromatic heterocycles. The first-order valence-electron chi connectivity index (χ1n) is 10.1. The Balaban J connectivity index is 1.78. The van der Waals surface area contributed by atoms with Gasteiger partial charge in [0.1, 0.15) is 5.82 Å². The van der Waals surface area contributed by atoms with Gasteiger partial charge in [-0.05, 0) is 38.5 Å². The molecule has 162 valence electrons. The van der Waals surface area contributed by atoms with Crippen LogP contribution in [0.3, 0.4) is 0 Å². The number of amides is 1. The summed E-state index contributed by atoms with van der Waals surface area (Å²) in [5, 5.41) is 7.59. The number of nitrogens with zero attached hydrogens (tertiary/aromatic N) is 4. The van der Waals surface area contributed by atoms with E-state index in [4.69, 9.17) is 4.98 Å². The van der Waals surface area contributed by atoms with Crippen LogP contribution in [-0.2, 0) is 9.53 Å². The van der Waals surface area contributed by atoms with Crippen molar-refractivity contribution in [2.45, 2.75) is 33.2 Å². The first-order chi connectivity index (χ1) is 14.8. The number of nitrogens with one attached hydrogen (secondary N) is 1. The van der Waals surface area contributed by atoms with E-state index in [-0.39, 0.29) is 17.5 Å². The van der Waals surface area contributed by atoms with E-state index in [0.29, 0.717) is 29.1 Å². The molecule has 1 saturated heterocycles. The molecule has 4 rings (SSSR count). The number of imidazole rings is 1. The molecule has 31 heavy (non-hydrogen) atoms. The lowest BCUT2D eigenvalue weighted by Gasteiger charge is -2.20. The molecule has 0 spiro atoms. The number of ether oxygens (including phenoxy) is 1. The molecule has 3 heterocycles. The lowest BCUT2D eigenvalue weighted by Crippen LogP contribution is -2.35. The molecule has 1 aromatic carbocycles. The summed E-state index contributed by atoms with van der Waals surface area (Å²) in [4.78, 5) is 30.0. The van der Waals surface area contributed by atoms with Crippen LogP contribution < -0.4 is 10.2 Å². The summed E-state index contributed by atoms with van der Waals surface area (Å²) in [6, 6.07) is 6.43. The first-order valence-corrected chi connectivity index (χ1v) is 10.1. The number of aromatic nitrogens is 3. The highest BCUT2D eigenvalue weighted by atomic mass is 19.1. The molecular formula is C22H24FN5O3. The van der Waals surface area contributed by atoms with Crippen molar-refractivity contribution in [3.05, 3.63) is 47.0 Å². The monoisotopic (exact) mass is 425 g/mol. The van der Waals surface area contributed by atoms with Crippen molar-refractivity contribution in [3.8, 4) is 11.3 Å². The highest BCUT2D eigenvalue weighted by Gasteiger charge is 2.27. The molecule has 0 unspecified atom stereocenters. The second-order valence-corrected chi connectivity index (χ2v) is 7.77. The fraction of sp³-hybridized carbons (Fsp3) is 0.364. The van der Waals surface area contributed by atoms with Crippen molar-refractivity contribution in [1.29, 1.82) is 0 Å². The SMILES string of the molecule is COC(=O)c1ccc(-c2c(C)nc3c(N4CC[C@@H](NC(C)=O)C4)cc(C)nn23)cc1F. The Morgan fingerprint density at radius 2 is 2.03 bits per heavy atom. The van der Waals surface area contributed by atoms with Crippen LogP contribution >= 0.6 is 0 Å². The van der Waals surface area contributed by atoms with E-state index in [2.05, 4.69) is 20.1 Å². The molecule has 1 aliphatic heterocycles. The third-order valence-corrected chi connectivity index (χ3v) is 5.45. The minimum atomic E-state index is -0.724. The lowest BCUT2D eigenvalue weighted by molar-refractivity contribution is -0.119. The van der Waals surface area contributed by atoms with Crippen molar-refractivity contribution in [1.82, 2.24) is 19.9 Å². The summed E-state index contributed by atoms with van der Waals surface area (Å²) in [6.45, 7) is 6.73. The van der Waals surface area contributed by atoms with E-state index in [9.17, 15) is 14.0 Å². The number of methoxy groups -OCH3 is 1. The van der Waals surface area contributed by atoms with E-state index in [1.807, 2.05) is 19.9 Å². The molecule has 0 bridgehead atoms. The number of aryl methyl sites for hydroxylation is 2. The van der Waals surface area contributed by atoms with Crippen molar-refractivity contribution in [3.63, 3.8) is 0 Å². The Labute approximate surface area is 179 Å². The Morgan fingerprint density at radius 3 is 2.71 bits per heavy atom. The summed E-state index contributed by atoms with van der Waals surface area (Å²) < 4.78 is 20.9. The molecule has 1 N–H and O–H groups in total. The van der Waals surface area contributed by atoms with E-state index in [1.54, 1.807) is 10.6 Å². The fourth-order valence-corrected chi connectivity index (χ4v) is 4.12. The molecule has 1 atom stereocenters. The Bertz CT molecular complexity index is 1190. The van der Waals surface area contributed by atoms with Crippen LogP contribution in [0.5, 0.6) is 0 Å². The van der Waals surface area contributed by atoms with Crippen LogP contribution in [0.1, 0.15) is 35.1 Å². The number of esters is 1. The van der Waals surface area contributed by atoms with Gasteiger partial charge in [0.15, 0.2) is 5.65 Å². The van der Waals surface area contributed by atoms with Gasteiger partial charge in [0, 0.05) is 31.6 Å². The normalized spacial score (nSPS) is 16.0. The van der Waals surface area contributed by atoms with Gasteiger partial charge in [-0.15, -0.1) is 0 Å². The minimum Gasteiger partial charge on any atom is -0.465 e. The standard InChI is InChI=1S/C22H24FN5O3/c1-12-9-19(27-8-7-16(11-27)25-14(3)29)21-24-13(2)20(28(21)26-12)15-5-6-17(18(23)10-15)22(30)31-4/h5-6,9-10,16H,7-8,11H2,1-4H3,(H,25,29)/t16-/m1/s1. The molecule has 0 aliphatic carbocycles. The van der Waals surface area contributed by atoms with Crippen molar-refractivity contribution in [2.75, 3.05) is 25.1 Å². The van der Waals surface area contributed by atoms with E-state index in [0.717, 1.165) is 24.3 Å². The van der Waals surface area contributed by atoms with Crippen molar-refractivity contribution >= 4 is 23.2 Å². The summed E-state index contributed by atoms with van der Waals surface area (Å²) in [5.41, 5.74) is 4.17. The largest absolute Gasteiger partial charge is 0.465 e. The molecule has 0 saturated carbocycles. The Kier molecular flexibility index (Phi) is 5.34. The number of halogens is 1. The summed E-state index contributed by atoms with van der Waals surface area (Å²) in [7, 11) is 1.22.